The second kappa shape index (κ2) is 6.55. The molecule has 0 spiro atoms. The van der Waals surface area contributed by atoms with Crippen molar-refractivity contribution < 1.29 is 5.11 Å². The molecule has 0 bridgehead atoms. The molecule has 0 amide bonds. The highest BCUT2D eigenvalue weighted by Crippen LogP contribution is 2.42. The van der Waals surface area contributed by atoms with E-state index in [1.165, 1.54) is 42.5 Å². The molecule has 1 fully saturated rings. The SMILES string of the molecule is CCC(C)(O)Cc1c(C2CCCCC2)cc[s+]1-n1ccnc1. The zero-order valence-electron chi connectivity index (χ0n) is 13.7. The Balaban J connectivity index is 1.98. The number of rotatable bonds is 5. The monoisotopic (exact) mass is 319 g/mol. The van der Waals surface area contributed by atoms with Gasteiger partial charge in [-0.1, -0.05) is 26.2 Å². The zero-order valence-corrected chi connectivity index (χ0v) is 14.5. The summed E-state index contributed by atoms with van der Waals surface area (Å²) in [6.45, 7) is 4.03. The molecule has 1 N–H and O–H groups in total. The quantitative estimate of drug-likeness (QED) is 0.812. The summed E-state index contributed by atoms with van der Waals surface area (Å²) in [5.41, 5.74) is 0.887. The molecular formula is C18H27N2OS+. The molecule has 2 aromatic heterocycles. The van der Waals surface area contributed by atoms with E-state index in [0.717, 1.165) is 12.8 Å². The van der Waals surface area contributed by atoms with Gasteiger partial charge in [0.05, 0.1) is 24.4 Å². The number of aromatic nitrogens is 2. The van der Waals surface area contributed by atoms with Crippen LogP contribution in [0.5, 0.6) is 0 Å². The molecule has 0 saturated heterocycles. The molecule has 1 saturated carbocycles. The molecule has 3 nitrogen and oxygen atoms in total. The lowest BCUT2D eigenvalue weighted by Crippen LogP contribution is -2.26. The van der Waals surface area contributed by atoms with Gasteiger partial charge in [0, 0.05) is 11.6 Å². The van der Waals surface area contributed by atoms with E-state index in [1.807, 2.05) is 25.6 Å². The van der Waals surface area contributed by atoms with Crippen LogP contribution in [0, 0.1) is 0 Å². The first-order chi connectivity index (χ1) is 10.6. The summed E-state index contributed by atoms with van der Waals surface area (Å²) in [7, 11) is -0.0839. The van der Waals surface area contributed by atoms with Gasteiger partial charge in [0.15, 0.2) is 10.3 Å². The lowest BCUT2D eigenvalue weighted by atomic mass is 9.83. The van der Waals surface area contributed by atoms with E-state index >= 15 is 0 Å². The van der Waals surface area contributed by atoms with E-state index in [-0.39, 0.29) is 10.7 Å². The first-order valence-corrected chi connectivity index (χ1v) is 9.70. The van der Waals surface area contributed by atoms with Crippen LogP contribution in [0.2, 0.25) is 0 Å². The molecule has 1 aliphatic carbocycles. The Morgan fingerprint density at radius 1 is 1.36 bits per heavy atom. The lowest BCUT2D eigenvalue weighted by Gasteiger charge is -2.23. The third-order valence-electron chi connectivity index (χ3n) is 5.01. The van der Waals surface area contributed by atoms with Crippen molar-refractivity contribution in [2.24, 2.45) is 0 Å². The number of imidazole rings is 1. The Hall–Kier alpha value is -1.13. The fourth-order valence-electron chi connectivity index (χ4n) is 3.42. The van der Waals surface area contributed by atoms with Crippen molar-refractivity contribution in [1.82, 2.24) is 8.96 Å². The predicted octanol–water partition coefficient (Wildman–Crippen LogP) is 4.69. The molecule has 120 valence electrons. The van der Waals surface area contributed by atoms with Gasteiger partial charge in [0.2, 0.25) is 0 Å². The van der Waals surface area contributed by atoms with E-state index in [2.05, 4.69) is 27.3 Å². The molecule has 2 atom stereocenters. The van der Waals surface area contributed by atoms with Crippen molar-refractivity contribution in [3.63, 3.8) is 0 Å². The zero-order chi connectivity index (χ0) is 15.6. The predicted molar refractivity (Wildman–Crippen MR) is 92.4 cm³/mol. The average Bonchev–Trinajstić information content (AvgIpc) is 3.17. The first kappa shape index (κ1) is 15.8. The van der Waals surface area contributed by atoms with E-state index in [0.29, 0.717) is 5.92 Å². The van der Waals surface area contributed by atoms with Crippen molar-refractivity contribution >= 4 is 10.7 Å². The van der Waals surface area contributed by atoms with Gasteiger partial charge in [-0.2, -0.15) is 0 Å². The maximum absolute atomic E-state index is 10.6. The van der Waals surface area contributed by atoms with Crippen LogP contribution in [0.25, 0.3) is 0 Å². The fourth-order valence-corrected chi connectivity index (χ4v) is 5.53. The van der Waals surface area contributed by atoms with Crippen LogP contribution in [0.1, 0.15) is 68.7 Å². The van der Waals surface area contributed by atoms with E-state index < -0.39 is 5.60 Å². The van der Waals surface area contributed by atoms with Crippen LogP contribution in [0.3, 0.4) is 0 Å². The Morgan fingerprint density at radius 2 is 2.14 bits per heavy atom. The molecule has 4 heteroatoms. The summed E-state index contributed by atoms with van der Waals surface area (Å²) in [6, 6.07) is 2.33. The molecule has 2 aromatic rings. The number of nitrogens with zero attached hydrogens (tertiary/aromatic N) is 2. The van der Waals surface area contributed by atoms with Crippen LogP contribution in [-0.4, -0.2) is 19.7 Å². The summed E-state index contributed by atoms with van der Waals surface area (Å²) in [6.07, 6.45) is 14.0. The van der Waals surface area contributed by atoms with Gasteiger partial charge in [-0.15, -0.1) is 3.97 Å². The van der Waals surface area contributed by atoms with Crippen LogP contribution in [0.15, 0.2) is 30.2 Å². The summed E-state index contributed by atoms with van der Waals surface area (Å²) in [5.74, 6) is 0.689. The van der Waals surface area contributed by atoms with Crippen molar-refractivity contribution in [1.29, 1.82) is 0 Å². The van der Waals surface area contributed by atoms with Crippen molar-refractivity contribution in [3.05, 3.63) is 40.6 Å². The largest absolute Gasteiger partial charge is 0.390 e. The van der Waals surface area contributed by atoms with Gasteiger partial charge in [0.25, 0.3) is 0 Å². The fraction of sp³-hybridized carbons (Fsp3) is 0.611. The standard InChI is InChI=1S/C18H27N2OS/c1-3-18(2,21)13-17-16(15-7-5-4-6-8-15)9-12-22(17)20-11-10-19-14-20/h9-12,14-15,21H,3-8,13H2,1-2H3/q+1. The topological polar surface area (TPSA) is 38.0 Å². The van der Waals surface area contributed by atoms with Crippen LogP contribution in [0.4, 0.5) is 0 Å². The second-order valence-electron chi connectivity index (χ2n) is 6.78. The molecule has 0 radical (unpaired) electrons. The highest BCUT2D eigenvalue weighted by Gasteiger charge is 2.33. The maximum atomic E-state index is 10.6. The molecule has 22 heavy (non-hydrogen) atoms. The summed E-state index contributed by atoms with van der Waals surface area (Å²) >= 11 is 0. The highest BCUT2D eigenvalue weighted by molar-refractivity contribution is 7.28. The minimum Gasteiger partial charge on any atom is -0.390 e. The Bertz CT molecular complexity index is 595. The molecule has 0 aliphatic heterocycles. The van der Waals surface area contributed by atoms with Crippen molar-refractivity contribution in [3.8, 4) is 0 Å². The molecular weight excluding hydrogens is 292 g/mol. The van der Waals surface area contributed by atoms with Gasteiger partial charge < -0.3 is 5.11 Å². The Labute approximate surface area is 136 Å². The Kier molecular flexibility index (Phi) is 4.69. The van der Waals surface area contributed by atoms with Crippen LogP contribution < -0.4 is 0 Å². The summed E-state index contributed by atoms with van der Waals surface area (Å²) in [4.78, 5) is 5.63. The molecule has 3 rings (SSSR count). The minimum atomic E-state index is -0.618. The molecule has 2 unspecified atom stereocenters. The first-order valence-electron chi connectivity index (χ1n) is 8.46. The van der Waals surface area contributed by atoms with Crippen LogP contribution in [-0.2, 0) is 6.42 Å². The van der Waals surface area contributed by atoms with Crippen LogP contribution >= 0.6 is 10.7 Å². The minimum absolute atomic E-state index is 0.0839. The van der Waals surface area contributed by atoms with Gasteiger partial charge >= 0.3 is 0 Å². The smallest absolute Gasteiger partial charge is 0.185 e. The van der Waals surface area contributed by atoms with Crippen molar-refractivity contribution in [2.45, 2.75) is 70.3 Å². The maximum Gasteiger partial charge on any atom is 0.185 e. The second-order valence-corrected chi connectivity index (χ2v) is 8.60. The van der Waals surface area contributed by atoms with Gasteiger partial charge in [0.1, 0.15) is 17.0 Å². The third-order valence-corrected chi connectivity index (χ3v) is 6.96. The van der Waals surface area contributed by atoms with E-state index in [1.54, 1.807) is 0 Å². The summed E-state index contributed by atoms with van der Waals surface area (Å²) < 4.78 is 2.19. The summed E-state index contributed by atoms with van der Waals surface area (Å²) in [5, 5.41) is 12.9. The number of hydrogen-bond donors (Lipinski definition) is 1. The number of aliphatic hydroxyl groups is 1. The normalized spacial score (nSPS) is 20.0. The van der Waals surface area contributed by atoms with E-state index in [9.17, 15) is 5.11 Å². The third kappa shape index (κ3) is 3.28. The highest BCUT2D eigenvalue weighted by atomic mass is 32.2. The molecule has 2 heterocycles. The number of thiophene rings is 1. The molecule has 1 aliphatic rings. The van der Waals surface area contributed by atoms with Gasteiger partial charge in [-0.25, -0.2) is 4.98 Å². The lowest BCUT2D eigenvalue weighted by molar-refractivity contribution is 0.0569. The van der Waals surface area contributed by atoms with Crippen molar-refractivity contribution in [2.75, 3.05) is 0 Å². The number of hydrogen-bond acceptors (Lipinski definition) is 2. The molecule has 0 aromatic carbocycles. The average molecular weight is 319 g/mol. The van der Waals surface area contributed by atoms with E-state index in [4.69, 9.17) is 0 Å². The van der Waals surface area contributed by atoms with Gasteiger partial charge in [-0.3, -0.25) is 0 Å². The Morgan fingerprint density at radius 3 is 2.77 bits per heavy atom. The van der Waals surface area contributed by atoms with Gasteiger partial charge in [-0.05, 0) is 32.1 Å².